The fraction of sp³-hybridized carbons (Fsp3) is 0.444. The Balaban J connectivity index is 2.89. The highest BCUT2D eigenvalue weighted by Gasteiger charge is 2.21. The van der Waals surface area contributed by atoms with Crippen molar-refractivity contribution in [3.63, 3.8) is 0 Å². The Morgan fingerprint density at radius 2 is 2.09 bits per heavy atom. The first-order valence-corrected chi connectivity index (χ1v) is 3.64. The van der Waals surface area contributed by atoms with Crippen LogP contribution in [0.2, 0.25) is 0 Å². The summed E-state index contributed by atoms with van der Waals surface area (Å²) in [6.45, 7) is 4.20. The molecule has 1 aliphatic rings. The first-order valence-electron chi connectivity index (χ1n) is 3.64. The maximum absolute atomic E-state index is 4.72. The van der Waals surface area contributed by atoms with Crippen LogP contribution in [0, 0.1) is 5.41 Å². The molecule has 0 fully saturated rings. The van der Waals surface area contributed by atoms with Crippen molar-refractivity contribution in [1.82, 2.24) is 0 Å². The van der Waals surface area contributed by atoms with Crippen LogP contribution in [0.3, 0.4) is 0 Å². The van der Waals surface area contributed by atoms with Gasteiger partial charge in [0.25, 0.3) is 0 Å². The van der Waals surface area contributed by atoms with E-state index in [1.165, 1.54) is 0 Å². The third-order valence-corrected chi connectivity index (χ3v) is 1.73. The minimum absolute atomic E-state index is 0.00472. The predicted octanol–water partition coefficient (Wildman–Crippen LogP) is 2.14. The van der Waals surface area contributed by atoms with Crippen molar-refractivity contribution in [1.29, 1.82) is 0 Å². The summed E-state index contributed by atoms with van der Waals surface area (Å²) in [5.41, 5.74) is 0.965. The smallest absolute Gasteiger partial charge is 0.106 e. The van der Waals surface area contributed by atoms with Crippen molar-refractivity contribution in [3.05, 3.63) is 24.3 Å². The summed E-state index contributed by atoms with van der Waals surface area (Å²) >= 11 is 0. The van der Waals surface area contributed by atoms with Crippen molar-refractivity contribution < 1.29 is 4.84 Å². The lowest BCUT2D eigenvalue weighted by Gasteiger charge is -2.21. The topological polar surface area (TPSA) is 21.6 Å². The standard InChI is InChI=1S/C9H13NO/c1-9(2)7-5-4-6-8(9)10-11-3/h4-7H,1-3H3/b10-8-. The lowest BCUT2D eigenvalue weighted by molar-refractivity contribution is 0.210. The van der Waals surface area contributed by atoms with Gasteiger partial charge >= 0.3 is 0 Å². The number of hydrogen-bond acceptors (Lipinski definition) is 2. The fourth-order valence-electron chi connectivity index (χ4n) is 0.989. The van der Waals surface area contributed by atoms with Crippen molar-refractivity contribution in [2.75, 3.05) is 7.11 Å². The van der Waals surface area contributed by atoms with Crippen LogP contribution in [-0.4, -0.2) is 12.8 Å². The zero-order valence-electron chi connectivity index (χ0n) is 7.16. The Morgan fingerprint density at radius 3 is 2.64 bits per heavy atom. The molecule has 0 unspecified atom stereocenters. The van der Waals surface area contributed by atoms with E-state index in [1.807, 2.05) is 18.2 Å². The van der Waals surface area contributed by atoms with Crippen LogP contribution in [0.5, 0.6) is 0 Å². The Bertz CT molecular complexity index is 224. The largest absolute Gasteiger partial charge is 0.399 e. The van der Waals surface area contributed by atoms with Crippen LogP contribution < -0.4 is 0 Å². The van der Waals surface area contributed by atoms with Gasteiger partial charge in [-0.05, 0) is 6.08 Å². The molecule has 0 radical (unpaired) electrons. The number of nitrogens with zero attached hydrogens (tertiary/aromatic N) is 1. The van der Waals surface area contributed by atoms with E-state index >= 15 is 0 Å². The minimum Gasteiger partial charge on any atom is -0.399 e. The quantitative estimate of drug-likeness (QED) is 0.526. The van der Waals surface area contributed by atoms with Crippen molar-refractivity contribution >= 4 is 5.71 Å². The highest BCUT2D eigenvalue weighted by atomic mass is 16.6. The van der Waals surface area contributed by atoms with Crippen LogP contribution in [0.25, 0.3) is 0 Å². The van der Waals surface area contributed by atoms with Gasteiger partial charge in [0, 0.05) is 5.41 Å². The summed E-state index contributed by atoms with van der Waals surface area (Å²) in [5.74, 6) is 0. The van der Waals surface area contributed by atoms with Gasteiger partial charge in [0.05, 0.1) is 5.71 Å². The second kappa shape index (κ2) is 2.91. The van der Waals surface area contributed by atoms with E-state index in [2.05, 4.69) is 25.1 Å². The SMILES string of the molecule is CO/N=C1/C=CC=CC1(C)C. The summed E-state index contributed by atoms with van der Waals surface area (Å²) in [7, 11) is 1.56. The van der Waals surface area contributed by atoms with E-state index in [0.717, 1.165) is 5.71 Å². The molecule has 0 amide bonds. The van der Waals surface area contributed by atoms with E-state index < -0.39 is 0 Å². The van der Waals surface area contributed by atoms with Crippen LogP contribution in [0.1, 0.15) is 13.8 Å². The molecule has 0 heterocycles. The lowest BCUT2D eigenvalue weighted by atomic mass is 9.84. The van der Waals surface area contributed by atoms with Gasteiger partial charge in [0.15, 0.2) is 0 Å². The summed E-state index contributed by atoms with van der Waals surface area (Å²) in [6, 6.07) is 0. The van der Waals surface area contributed by atoms with Gasteiger partial charge in [-0.15, -0.1) is 0 Å². The number of allylic oxidation sites excluding steroid dienone is 4. The molecule has 11 heavy (non-hydrogen) atoms. The second-order valence-corrected chi connectivity index (χ2v) is 3.10. The first kappa shape index (κ1) is 8.05. The Hall–Kier alpha value is -1.05. The molecule has 0 saturated heterocycles. The van der Waals surface area contributed by atoms with Crippen molar-refractivity contribution in [3.8, 4) is 0 Å². The summed E-state index contributed by atoms with van der Waals surface area (Å²) in [5, 5.41) is 3.92. The zero-order chi connectivity index (χ0) is 8.32. The molecule has 0 bridgehead atoms. The average Bonchev–Trinajstić information content (AvgIpc) is 1.94. The maximum atomic E-state index is 4.72. The van der Waals surface area contributed by atoms with Crippen LogP contribution in [0.15, 0.2) is 29.5 Å². The predicted molar refractivity (Wildman–Crippen MR) is 46.5 cm³/mol. The molecule has 0 saturated carbocycles. The molecule has 0 aromatic rings. The van der Waals surface area contributed by atoms with Gasteiger partial charge in [-0.2, -0.15) is 0 Å². The molecule has 1 rings (SSSR count). The van der Waals surface area contributed by atoms with Crippen molar-refractivity contribution in [2.24, 2.45) is 10.6 Å². The Morgan fingerprint density at radius 1 is 1.36 bits per heavy atom. The molecule has 0 aliphatic heterocycles. The third kappa shape index (κ3) is 1.70. The van der Waals surface area contributed by atoms with E-state index in [-0.39, 0.29) is 5.41 Å². The van der Waals surface area contributed by atoms with Gasteiger partial charge in [-0.3, -0.25) is 0 Å². The van der Waals surface area contributed by atoms with E-state index in [4.69, 9.17) is 4.84 Å². The maximum Gasteiger partial charge on any atom is 0.106 e. The first-order chi connectivity index (χ1) is 5.17. The molecule has 2 heteroatoms. The molecule has 0 aromatic heterocycles. The Labute approximate surface area is 67.2 Å². The fourth-order valence-corrected chi connectivity index (χ4v) is 0.989. The van der Waals surface area contributed by atoms with Gasteiger partial charge < -0.3 is 4.84 Å². The van der Waals surface area contributed by atoms with Gasteiger partial charge in [-0.1, -0.05) is 37.2 Å². The minimum atomic E-state index is 0.00472. The average molecular weight is 151 g/mol. The van der Waals surface area contributed by atoms with E-state index in [1.54, 1.807) is 7.11 Å². The van der Waals surface area contributed by atoms with E-state index in [9.17, 15) is 0 Å². The highest BCUT2D eigenvalue weighted by Crippen LogP contribution is 2.23. The van der Waals surface area contributed by atoms with Gasteiger partial charge in [0.1, 0.15) is 7.11 Å². The molecule has 0 N–H and O–H groups in total. The van der Waals surface area contributed by atoms with Crippen molar-refractivity contribution in [2.45, 2.75) is 13.8 Å². The lowest BCUT2D eigenvalue weighted by Crippen LogP contribution is -2.21. The van der Waals surface area contributed by atoms with Gasteiger partial charge in [0.2, 0.25) is 0 Å². The monoisotopic (exact) mass is 151 g/mol. The molecule has 2 nitrogen and oxygen atoms in total. The molecular formula is C9H13NO. The number of rotatable bonds is 1. The van der Waals surface area contributed by atoms with Gasteiger partial charge in [-0.25, -0.2) is 0 Å². The van der Waals surface area contributed by atoms with Crippen LogP contribution in [-0.2, 0) is 4.84 Å². The number of oxime groups is 1. The molecular weight excluding hydrogens is 138 g/mol. The normalized spacial score (nSPS) is 24.1. The molecule has 0 spiro atoms. The molecule has 1 aliphatic carbocycles. The molecule has 0 aromatic carbocycles. The summed E-state index contributed by atoms with van der Waals surface area (Å²) in [4.78, 5) is 4.72. The Kier molecular flexibility index (Phi) is 2.13. The van der Waals surface area contributed by atoms with Crippen LogP contribution >= 0.6 is 0 Å². The molecule has 60 valence electrons. The second-order valence-electron chi connectivity index (χ2n) is 3.10. The highest BCUT2D eigenvalue weighted by molar-refractivity contribution is 6.01. The summed E-state index contributed by atoms with van der Waals surface area (Å²) < 4.78 is 0. The number of hydrogen-bond donors (Lipinski definition) is 0. The van der Waals surface area contributed by atoms with E-state index in [0.29, 0.717) is 0 Å². The molecule has 0 atom stereocenters. The van der Waals surface area contributed by atoms with Crippen LogP contribution in [0.4, 0.5) is 0 Å². The zero-order valence-corrected chi connectivity index (χ0v) is 7.16. The third-order valence-electron chi connectivity index (χ3n) is 1.73. The summed E-state index contributed by atoms with van der Waals surface area (Å²) in [6.07, 6.45) is 8.05.